The van der Waals surface area contributed by atoms with E-state index in [1.54, 1.807) is 6.20 Å². The van der Waals surface area contributed by atoms with E-state index in [-0.39, 0.29) is 0 Å². The standard InChI is InChI=1S/C15H21ClN4/c1-11(2)6-17-7-13-4-5-14(18-8-13)10-20-12(3)15(16)9-19-20/h4-5,8-9,11,17H,6-7,10H2,1-3H3. The van der Waals surface area contributed by atoms with Gasteiger partial charge in [-0.2, -0.15) is 5.10 Å². The topological polar surface area (TPSA) is 42.7 Å². The highest BCUT2D eigenvalue weighted by Crippen LogP contribution is 2.14. The second kappa shape index (κ2) is 6.86. The molecule has 2 aromatic heterocycles. The van der Waals surface area contributed by atoms with Crippen LogP contribution in [0, 0.1) is 12.8 Å². The third kappa shape index (κ3) is 4.05. The summed E-state index contributed by atoms with van der Waals surface area (Å²) in [7, 11) is 0. The fourth-order valence-electron chi connectivity index (χ4n) is 1.89. The Morgan fingerprint density at radius 3 is 2.65 bits per heavy atom. The molecule has 0 atom stereocenters. The molecule has 2 aromatic rings. The molecule has 0 amide bonds. The van der Waals surface area contributed by atoms with Crippen molar-refractivity contribution in [3.63, 3.8) is 0 Å². The van der Waals surface area contributed by atoms with Crippen LogP contribution in [-0.2, 0) is 13.1 Å². The SMILES string of the molecule is Cc1c(Cl)cnn1Cc1ccc(CNCC(C)C)cn1. The number of halogens is 1. The largest absolute Gasteiger partial charge is 0.312 e. The molecule has 0 aliphatic carbocycles. The zero-order chi connectivity index (χ0) is 14.5. The molecule has 0 aliphatic rings. The normalized spacial score (nSPS) is 11.2. The van der Waals surface area contributed by atoms with Gasteiger partial charge in [-0.05, 0) is 31.0 Å². The van der Waals surface area contributed by atoms with E-state index in [9.17, 15) is 0 Å². The van der Waals surface area contributed by atoms with Crippen molar-refractivity contribution in [1.82, 2.24) is 20.1 Å². The predicted molar refractivity (Wildman–Crippen MR) is 81.9 cm³/mol. The maximum absolute atomic E-state index is 5.99. The van der Waals surface area contributed by atoms with Gasteiger partial charge in [0.1, 0.15) is 0 Å². The van der Waals surface area contributed by atoms with E-state index >= 15 is 0 Å². The summed E-state index contributed by atoms with van der Waals surface area (Å²) in [5, 5.41) is 8.34. The highest BCUT2D eigenvalue weighted by atomic mass is 35.5. The van der Waals surface area contributed by atoms with Gasteiger partial charge in [-0.3, -0.25) is 9.67 Å². The van der Waals surface area contributed by atoms with E-state index in [0.29, 0.717) is 17.5 Å². The average Bonchev–Trinajstić information content (AvgIpc) is 2.72. The fraction of sp³-hybridized carbons (Fsp3) is 0.467. The summed E-state index contributed by atoms with van der Waals surface area (Å²) in [4.78, 5) is 4.48. The minimum Gasteiger partial charge on any atom is -0.312 e. The molecule has 20 heavy (non-hydrogen) atoms. The van der Waals surface area contributed by atoms with Crippen molar-refractivity contribution in [2.75, 3.05) is 6.54 Å². The molecule has 0 radical (unpaired) electrons. The van der Waals surface area contributed by atoms with Crippen molar-refractivity contribution in [1.29, 1.82) is 0 Å². The van der Waals surface area contributed by atoms with Crippen LogP contribution in [0.25, 0.3) is 0 Å². The van der Waals surface area contributed by atoms with Crippen molar-refractivity contribution in [2.24, 2.45) is 5.92 Å². The van der Waals surface area contributed by atoms with Crippen molar-refractivity contribution in [3.05, 3.63) is 46.5 Å². The second-order valence-corrected chi connectivity index (χ2v) is 5.83. The van der Waals surface area contributed by atoms with Crippen LogP contribution in [-0.4, -0.2) is 21.3 Å². The van der Waals surface area contributed by atoms with Gasteiger partial charge in [-0.1, -0.05) is 31.5 Å². The number of pyridine rings is 1. The maximum Gasteiger partial charge on any atom is 0.0834 e. The number of rotatable bonds is 6. The van der Waals surface area contributed by atoms with Crippen molar-refractivity contribution in [3.8, 4) is 0 Å². The van der Waals surface area contributed by atoms with Crippen molar-refractivity contribution < 1.29 is 0 Å². The first-order valence-electron chi connectivity index (χ1n) is 6.88. The van der Waals surface area contributed by atoms with Gasteiger partial charge in [0.2, 0.25) is 0 Å². The summed E-state index contributed by atoms with van der Waals surface area (Å²) in [6, 6.07) is 4.15. The number of hydrogen-bond donors (Lipinski definition) is 1. The smallest absolute Gasteiger partial charge is 0.0834 e. The Labute approximate surface area is 125 Å². The van der Waals surface area contributed by atoms with Gasteiger partial charge in [-0.25, -0.2) is 0 Å². The summed E-state index contributed by atoms with van der Waals surface area (Å²) in [6.45, 7) is 8.89. The molecule has 0 aromatic carbocycles. The summed E-state index contributed by atoms with van der Waals surface area (Å²) in [5.41, 5.74) is 3.15. The van der Waals surface area contributed by atoms with Crippen LogP contribution in [0.15, 0.2) is 24.5 Å². The van der Waals surface area contributed by atoms with Gasteiger partial charge in [0.05, 0.1) is 29.2 Å². The summed E-state index contributed by atoms with van der Waals surface area (Å²) in [6.07, 6.45) is 3.59. The monoisotopic (exact) mass is 292 g/mol. The molecule has 0 saturated heterocycles. The lowest BCUT2D eigenvalue weighted by Crippen LogP contribution is -2.19. The Morgan fingerprint density at radius 2 is 2.10 bits per heavy atom. The van der Waals surface area contributed by atoms with E-state index in [1.807, 2.05) is 23.9 Å². The molecule has 4 nitrogen and oxygen atoms in total. The molecule has 5 heteroatoms. The Morgan fingerprint density at radius 1 is 1.30 bits per heavy atom. The van der Waals surface area contributed by atoms with Crippen molar-refractivity contribution in [2.45, 2.75) is 33.9 Å². The predicted octanol–water partition coefficient (Wildman–Crippen LogP) is 3.03. The Hall–Kier alpha value is -1.39. The van der Waals surface area contributed by atoms with E-state index < -0.39 is 0 Å². The molecule has 0 unspecified atom stereocenters. The quantitative estimate of drug-likeness (QED) is 0.890. The Kier molecular flexibility index (Phi) is 5.15. The minimum atomic E-state index is 0.651. The molecule has 1 N–H and O–H groups in total. The highest BCUT2D eigenvalue weighted by molar-refractivity contribution is 6.31. The maximum atomic E-state index is 5.99. The first-order chi connectivity index (χ1) is 9.56. The van der Waals surface area contributed by atoms with E-state index in [0.717, 1.165) is 24.5 Å². The number of nitrogens with one attached hydrogen (secondary N) is 1. The first kappa shape index (κ1) is 15.0. The highest BCUT2D eigenvalue weighted by Gasteiger charge is 2.05. The lowest BCUT2D eigenvalue weighted by atomic mass is 10.2. The van der Waals surface area contributed by atoms with E-state index in [2.05, 4.69) is 35.3 Å². The van der Waals surface area contributed by atoms with Gasteiger partial charge in [0, 0.05) is 12.7 Å². The number of hydrogen-bond acceptors (Lipinski definition) is 3. The third-order valence-electron chi connectivity index (χ3n) is 3.12. The van der Waals surface area contributed by atoms with E-state index in [4.69, 9.17) is 11.6 Å². The molecule has 2 heterocycles. The molecular weight excluding hydrogens is 272 g/mol. The van der Waals surface area contributed by atoms with Crippen LogP contribution >= 0.6 is 11.6 Å². The Bertz CT molecular complexity index is 546. The van der Waals surface area contributed by atoms with Crippen LogP contribution in [0.2, 0.25) is 5.02 Å². The van der Waals surface area contributed by atoms with E-state index in [1.165, 1.54) is 5.56 Å². The minimum absolute atomic E-state index is 0.651. The Balaban J connectivity index is 1.93. The first-order valence-corrected chi connectivity index (χ1v) is 7.26. The van der Waals surface area contributed by atoms with Crippen molar-refractivity contribution >= 4 is 11.6 Å². The molecule has 0 bridgehead atoms. The molecule has 2 rings (SSSR count). The molecule has 0 spiro atoms. The van der Waals surface area contributed by atoms with Gasteiger partial charge >= 0.3 is 0 Å². The number of nitrogens with zero attached hydrogens (tertiary/aromatic N) is 3. The second-order valence-electron chi connectivity index (χ2n) is 5.42. The average molecular weight is 293 g/mol. The lowest BCUT2D eigenvalue weighted by Gasteiger charge is -2.08. The lowest BCUT2D eigenvalue weighted by molar-refractivity contribution is 0.551. The van der Waals surface area contributed by atoms with Crippen LogP contribution in [0.3, 0.4) is 0 Å². The van der Waals surface area contributed by atoms with Gasteiger partial charge in [0.15, 0.2) is 0 Å². The molecule has 0 aliphatic heterocycles. The number of aromatic nitrogens is 3. The fourth-order valence-corrected chi connectivity index (χ4v) is 2.04. The van der Waals surface area contributed by atoms with Crippen LogP contribution in [0.4, 0.5) is 0 Å². The van der Waals surface area contributed by atoms with Crippen LogP contribution in [0.1, 0.15) is 30.8 Å². The van der Waals surface area contributed by atoms with Crippen LogP contribution < -0.4 is 5.32 Å². The molecule has 0 saturated carbocycles. The molecule has 0 fully saturated rings. The zero-order valence-corrected chi connectivity index (χ0v) is 13.0. The zero-order valence-electron chi connectivity index (χ0n) is 12.2. The summed E-state index contributed by atoms with van der Waals surface area (Å²) in [5.74, 6) is 0.662. The van der Waals surface area contributed by atoms with Gasteiger partial charge < -0.3 is 5.32 Å². The summed E-state index contributed by atoms with van der Waals surface area (Å²) >= 11 is 5.99. The third-order valence-corrected chi connectivity index (χ3v) is 3.49. The van der Waals surface area contributed by atoms with Crippen LogP contribution in [0.5, 0.6) is 0 Å². The van der Waals surface area contributed by atoms with Gasteiger partial charge in [-0.15, -0.1) is 0 Å². The molecular formula is C15H21ClN4. The molecule has 108 valence electrons. The van der Waals surface area contributed by atoms with Gasteiger partial charge in [0.25, 0.3) is 0 Å². The summed E-state index contributed by atoms with van der Waals surface area (Å²) < 4.78 is 1.86.